The fourth-order valence-corrected chi connectivity index (χ4v) is 3.61. The molecule has 0 N–H and O–H groups in total. The molecule has 0 radical (unpaired) electrons. The van der Waals surface area contributed by atoms with E-state index in [0.29, 0.717) is 6.42 Å². The van der Waals surface area contributed by atoms with E-state index in [2.05, 4.69) is 0 Å². The predicted octanol–water partition coefficient (Wildman–Crippen LogP) is 4.09. The molecule has 2 aromatic carbocycles. The maximum Gasteiger partial charge on any atom is 0.317 e. The SMILES string of the molecule is CC(C)OC(=O)[C@@H]1C(=O)C[C@@H](c2ccccc2)[C@@H]1c1ccccc1. The Balaban J connectivity index is 2.02. The first-order valence-electron chi connectivity index (χ1n) is 8.41. The van der Waals surface area contributed by atoms with Gasteiger partial charge in [-0.2, -0.15) is 0 Å². The third-order valence-electron chi connectivity index (χ3n) is 4.58. The predicted molar refractivity (Wildman–Crippen MR) is 92.7 cm³/mol. The number of Topliss-reactive ketones (excluding diaryl/α,β-unsaturated/α-hetero) is 1. The molecular weight excluding hydrogens is 300 g/mol. The van der Waals surface area contributed by atoms with Crippen molar-refractivity contribution in [3.05, 3.63) is 71.8 Å². The molecule has 0 heterocycles. The van der Waals surface area contributed by atoms with Crippen LogP contribution in [0.3, 0.4) is 0 Å². The summed E-state index contributed by atoms with van der Waals surface area (Å²) in [6, 6.07) is 19.8. The largest absolute Gasteiger partial charge is 0.462 e. The molecule has 24 heavy (non-hydrogen) atoms. The lowest BCUT2D eigenvalue weighted by Crippen LogP contribution is -2.28. The van der Waals surface area contributed by atoms with E-state index in [-0.39, 0.29) is 23.7 Å². The maximum absolute atomic E-state index is 12.7. The van der Waals surface area contributed by atoms with E-state index >= 15 is 0 Å². The summed E-state index contributed by atoms with van der Waals surface area (Å²) in [5.41, 5.74) is 2.11. The molecule has 3 heteroatoms. The molecule has 124 valence electrons. The Labute approximate surface area is 142 Å². The minimum absolute atomic E-state index is 0.00538. The van der Waals surface area contributed by atoms with Crippen molar-refractivity contribution in [2.75, 3.05) is 0 Å². The third kappa shape index (κ3) is 3.25. The summed E-state index contributed by atoms with van der Waals surface area (Å²) >= 11 is 0. The van der Waals surface area contributed by atoms with Crippen molar-refractivity contribution in [3.63, 3.8) is 0 Å². The first-order chi connectivity index (χ1) is 11.6. The Morgan fingerprint density at radius 1 is 0.958 bits per heavy atom. The summed E-state index contributed by atoms with van der Waals surface area (Å²) in [5.74, 6) is -1.32. The van der Waals surface area contributed by atoms with E-state index in [1.807, 2.05) is 74.5 Å². The van der Waals surface area contributed by atoms with Crippen molar-refractivity contribution in [3.8, 4) is 0 Å². The van der Waals surface area contributed by atoms with Crippen molar-refractivity contribution >= 4 is 11.8 Å². The summed E-state index contributed by atoms with van der Waals surface area (Å²) in [6.07, 6.45) is 0.152. The van der Waals surface area contributed by atoms with Gasteiger partial charge in [0.1, 0.15) is 11.7 Å². The first kappa shape index (κ1) is 16.4. The van der Waals surface area contributed by atoms with Crippen LogP contribution in [0.4, 0.5) is 0 Å². The second-order valence-electron chi connectivity index (χ2n) is 6.59. The molecule has 1 saturated carbocycles. The molecule has 0 saturated heterocycles. The number of hydrogen-bond acceptors (Lipinski definition) is 3. The van der Waals surface area contributed by atoms with Gasteiger partial charge in [-0.15, -0.1) is 0 Å². The van der Waals surface area contributed by atoms with Crippen LogP contribution in [0.2, 0.25) is 0 Å². The number of hydrogen-bond donors (Lipinski definition) is 0. The van der Waals surface area contributed by atoms with Gasteiger partial charge in [0.15, 0.2) is 0 Å². The fraction of sp³-hybridized carbons (Fsp3) is 0.333. The number of ketones is 1. The normalized spacial score (nSPS) is 23.5. The number of ether oxygens (including phenoxy) is 1. The van der Waals surface area contributed by atoms with Gasteiger partial charge in [-0.3, -0.25) is 9.59 Å². The van der Waals surface area contributed by atoms with E-state index in [9.17, 15) is 9.59 Å². The highest BCUT2D eigenvalue weighted by Gasteiger charge is 2.48. The van der Waals surface area contributed by atoms with Crippen LogP contribution in [0, 0.1) is 5.92 Å². The lowest BCUT2D eigenvalue weighted by atomic mass is 9.80. The second-order valence-corrected chi connectivity index (χ2v) is 6.59. The van der Waals surface area contributed by atoms with E-state index in [4.69, 9.17) is 4.74 Å². The van der Waals surface area contributed by atoms with Crippen LogP contribution in [-0.2, 0) is 14.3 Å². The monoisotopic (exact) mass is 322 g/mol. The average Bonchev–Trinajstić information content (AvgIpc) is 2.93. The van der Waals surface area contributed by atoms with E-state index in [0.717, 1.165) is 11.1 Å². The van der Waals surface area contributed by atoms with Gasteiger partial charge in [-0.05, 0) is 30.9 Å². The average molecular weight is 322 g/mol. The molecule has 3 rings (SSSR count). The maximum atomic E-state index is 12.7. The van der Waals surface area contributed by atoms with Crippen LogP contribution in [0.1, 0.15) is 43.2 Å². The Hall–Kier alpha value is -2.42. The van der Waals surface area contributed by atoms with Crippen LogP contribution in [0.5, 0.6) is 0 Å². The highest BCUT2D eigenvalue weighted by Crippen LogP contribution is 2.48. The molecule has 1 aliphatic rings. The molecule has 0 aromatic heterocycles. The van der Waals surface area contributed by atoms with Gasteiger partial charge in [-0.25, -0.2) is 0 Å². The minimum atomic E-state index is -0.722. The lowest BCUT2D eigenvalue weighted by molar-refractivity contribution is -0.154. The van der Waals surface area contributed by atoms with Crippen molar-refractivity contribution in [2.24, 2.45) is 5.92 Å². The van der Waals surface area contributed by atoms with Crippen LogP contribution in [0.15, 0.2) is 60.7 Å². The topological polar surface area (TPSA) is 43.4 Å². The Bertz CT molecular complexity index is 706. The number of carbonyl (C=O) groups excluding carboxylic acids is 2. The number of benzene rings is 2. The van der Waals surface area contributed by atoms with E-state index in [1.165, 1.54) is 0 Å². The Morgan fingerprint density at radius 2 is 1.50 bits per heavy atom. The van der Waals surface area contributed by atoms with Crippen LogP contribution in [-0.4, -0.2) is 17.9 Å². The van der Waals surface area contributed by atoms with Gasteiger partial charge in [0.2, 0.25) is 0 Å². The molecule has 1 fully saturated rings. The van der Waals surface area contributed by atoms with Crippen LogP contribution in [0.25, 0.3) is 0 Å². The quantitative estimate of drug-likeness (QED) is 0.629. The summed E-state index contributed by atoms with van der Waals surface area (Å²) in [6.45, 7) is 3.62. The molecule has 3 nitrogen and oxygen atoms in total. The molecule has 3 atom stereocenters. The van der Waals surface area contributed by atoms with E-state index in [1.54, 1.807) is 0 Å². The Morgan fingerprint density at radius 3 is 2.04 bits per heavy atom. The summed E-state index contributed by atoms with van der Waals surface area (Å²) in [4.78, 5) is 25.2. The number of esters is 1. The molecule has 0 spiro atoms. The van der Waals surface area contributed by atoms with Gasteiger partial charge in [-0.1, -0.05) is 60.7 Å². The summed E-state index contributed by atoms with van der Waals surface area (Å²) in [5, 5.41) is 0. The molecular formula is C21H22O3. The second kappa shape index (κ2) is 7.00. The van der Waals surface area contributed by atoms with Gasteiger partial charge in [0, 0.05) is 12.3 Å². The molecule has 0 amide bonds. The number of carbonyl (C=O) groups is 2. The zero-order valence-corrected chi connectivity index (χ0v) is 14.0. The van der Waals surface area contributed by atoms with Gasteiger partial charge in [0.25, 0.3) is 0 Å². The van der Waals surface area contributed by atoms with Crippen LogP contribution < -0.4 is 0 Å². The molecule has 0 unspecified atom stereocenters. The van der Waals surface area contributed by atoms with Crippen molar-refractivity contribution in [1.82, 2.24) is 0 Å². The molecule has 2 aromatic rings. The van der Waals surface area contributed by atoms with Crippen molar-refractivity contribution < 1.29 is 14.3 Å². The van der Waals surface area contributed by atoms with Gasteiger partial charge < -0.3 is 4.74 Å². The lowest BCUT2D eigenvalue weighted by Gasteiger charge is -2.24. The summed E-state index contributed by atoms with van der Waals surface area (Å²) < 4.78 is 5.38. The molecule has 0 bridgehead atoms. The first-order valence-corrected chi connectivity index (χ1v) is 8.41. The fourth-order valence-electron chi connectivity index (χ4n) is 3.61. The minimum Gasteiger partial charge on any atom is -0.462 e. The standard InChI is InChI=1S/C21H22O3/c1-14(2)24-21(23)20-18(22)13-17(15-9-5-3-6-10-15)19(20)16-11-7-4-8-12-16/h3-12,14,17,19-20H,13H2,1-2H3/t17-,19-,20+/m0/s1. The zero-order chi connectivity index (χ0) is 17.1. The smallest absolute Gasteiger partial charge is 0.317 e. The highest BCUT2D eigenvalue weighted by molar-refractivity contribution is 6.02. The zero-order valence-electron chi connectivity index (χ0n) is 14.0. The third-order valence-corrected chi connectivity index (χ3v) is 4.58. The number of rotatable bonds is 4. The van der Waals surface area contributed by atoms with E-state index < -0.39 is 11.9 Å². The molecule has 1 aliphatic carbocycles. The van der Waals surface area contributed by atoms with Crippen LogP contribution >= 0.6 is 0 Å². The summed E-state index contributed by atoms with van der Waals surface area (Å²) in [7, 11) is 0. The van der Waals surface area contributed by atoms with Crippen molar-refractivity contribution in [2.45, 2.75) is 38.2 Å². The van der Waals surface area contributed by atoms with Gasteiger partial charge >= 0.3 is 5.97 Å². The Kier molecular flexibility index (Phi) is 4.79. The van der Waals surface area contributed by atoms with Crippen molar-refractivity contribution in [1.29, 1.82) is 0 Å². The van der Waals surface area contributed by atoms with Gasteiger partial charge in [0.05, 0.1) is 6.10 Å². The molecule has 0 aliphatic heterocycles. The highest BCUT2D eigenvalue weighted by atomic mass is 16.5.